The molecule has 1 saturated heterocycles. The van der Waals surface area contributed by atoms with Crippen LogP contribution in [0.4, 0.5) is 0 Å². The number of hydrogen-bond acceptors (Lipinski definition) is 3. The van der Waals surface area contributed by atoms with E-state index in [1.54, 1.807) is 0 Å². The SMILES string of the molecule is CCCCCCCCCN1C[C@@H](O)[C@@H](O)C1. The van der Waals surface area contributed by atoms with E-state index in [0.29, 0.717) is 13.1 Å². The molecule has 0 aliphatic carbocycles. The number of hydrogen-bond donors (Lipinski definition) is 2. The Labute approximate surface area is 99.5 Å². The maximum atomic E-state index is 9.38. The summed E-state index contributed by atoms with van der Waals surface area (Å²) < 4.78 is 0. The molecule has 96 valence electrons. The summed E-state index contributed by atoms with van der Waals surface area (Å²) >= 11 is 0. The molecule has 1 rings (SSSR count). The molecule has 1 fully saturated rings. The summed E-state index contributed by atoms with van der Waals surface area (Å²) in [4.78, 5) is 2.17. The Morgan fingerprint density at radius 1 is 0.875 bits per heavy atom. The van der Waals surface area contributed by atoms with Gasteiger partial charge in [-0.05, 0) is 13.0 Å². The summed E-state index contributed by atoms with van der Waals surface area (Å²) in [5, 5.41) is 18.8. The van der Waals surface area contributed by atoms with Gasteiger partial charge in [-0.15, -0.1) is 0 Å². The van der Waals surface area contributed by atoms with Gasteiger partial charge in [0.1, 0.15) is 0 Å². The van der Waals surface area contributed by atoms with Crippen molar-refractivity contribution >= 4 is 0 Å². The Bertz CT molecular complexity index is 165. The lowest BCUT2D eigenvalue weighted by Gasteiger charge is -2.13. The molecule has 3 nitrogen and oxygen atoms in total. The first-order chi connectivity index (χ1) is 7.74. The third-order valence-corrected chi connectivity index (χ3v) is 3.41. The van der Waals surface area contributed by atoms with Crippen LogP contribution in [-0.4, -0.2) is 47.0 Å². The minimum atomic E-state index is -0.524. The third kappa shape index (κ3) is 5.28. The van der Waals surface area contributed by atoms with Crippen LogP contribution in [0.2, 0.25) is 0 Å². The molecule has 1 heterocycles. The molecule has 0 saturated carbocycles. The van der Waals surface area contributed by atoms with E-state index in [4.69, 9.17) is 0 Å². The van der Waals surface area contributed by atoms with E-state index >= 15 is 0 Å². The zero-order valence-electron chi connectivity index (χ0n) is 10.6. The van der Waals surface area contributed by atoms with Crippen molar-refractivity contribution in [3.63, 3.8) is 0 Å². The van der Waals surface area contributed by atoms with Gasteiger partial charge in [-0.25, -0.2) is 0 Å². The van der Waals surface area contributed by atoms with Crippen LogP contribution in [-0.2, 0) is 0 Å². The molecule has 0 bridgehead atoms. The van der Waals surface area contributed by atoms with Crippen molar-refractivity contribution in [1.82, 2.24) is 4.90 Å². The van der Waals surface area contributed by atoms with Crippen molar-refractivity contribution in [2.24, 2.45) is 0 Å². The topological polar surface area (TPSA) is 43.7 Å². The second-order valence-corrected chi connectivity index (χ2v) is 5.02. The zero-order valence-corrected chi connectivity index (χ0v) is 10.6. The van der Waals surface area contributed by atoms with Gasteiger partial charge in [-0.2, -0.15) is 0 Å². The van der Waals surface area contributed by atoms with E-state index in [1.807, 2.05) is 0 Å². The highest BCUT2D eigenvalue weighted by Gasteiger charge is 2.28. The molecule has 0 spiro atoms. The summed E-state index contributed by atoms with van der Waals surface area (Å²) in [6.07, 6.45) is 8.18. The second kappa shape index (κ2) is 8.04. The van der Waals surface area contributed by atoms with Crippen LogP contribution in [0.15, 0.2) is 0 Å². The number of aliphatic hydroxyl groups excluding tert-OH is 2. The molecular formula is C13H27NO2. The molecule has 16 heavy (non-hydrogen) atoms. The van der Waals surface area contributed by atoms with Crippen molar-refractivity contribution in [3.05, 3.63) is 0 Å². The lowest BCUT2D eigenvalue weighted by Crippen LogP contribution is -2.23. The first-order valence-electron chi connectivity index (χ1n) is 6.82. The molecule has 0 amide bonds. The monoisotopic (exact) mass is 229 g/mol. The van der Waals surface area contributed by atoms with E-state index in [9.17, 15) is 10.2 Å². The van der Waals surface area contributed by atoms with Crippen molar-refractivity contribution in [2.45, 2.75) is 64.1 Å². The van der Waals surface area contributed by atoms with Crippen LogP contribution >= 0.6 is 0 Å². The smallest absolute Gasteiger partial charge is 0.0938 e. The summed E-state index contributed by atoms with van der Waals surface area (Å²) in [6.45, 7) is 4.57. The fraction of sp³-hybridized carbons (Fsp3) is 1.00. The quantitative estimate of drug-likeness (QED) is 0.624. The van der Waals surface area contributed by atoms with Crippen molar-refractivity contribution in [3.8, 4) is 0 Å². The summed E-state index contributed by atoms with van der Waals surface area (Å²) in [5.74, 6) is 0. The van der Waals surface area contributed by atoms with Crippen LogP contribution in [0.25, 0.3) is 0 Å². The van der Waals surface area contributed by atoms with Gasteiger partial charge in [0.25, 0.3) is 0 Å². The Hall–Kier alpha value is -0.120. The van der Waals surface area contributed by atoms with Gasteiger partial charge >= 0.3 is 0 Å². The standard InChI is InChI=1S/C13H27NO2/c1-2-3-4-5-6-7-8-9-14-10-12(15)13(16)11-14/h12-13,15-16H,2-11H2,1H3/t12-,13+. The predicted octanol–water partition coefficient (Wildman–Crippen LogP) is 1.77. The van der Waals surface area contributed by atoms with Gasteiger partial charge in [-0.3, -0.25) is 4.90 Å². The Balaban J connectivity index is 1.88. The molecular weight excluding hydrogens is 202 g/mol. The van der Waals surface area contributed by atoms with E-state index in [0.717, 1.165) is 6.54 Å². The van der Waals surface area contributed by atoms with Crippen molar-refractivity contribution in [1.29, 1.82) is 0 Å². The van der Waals surface area contributed by atoms with Crippen LogP contribution in [0.3, 0.4) is 0 Å². The highest BCUT2D eigenvalue weighted by molar-refractivity contribution is 4.82. The van der Waals surface area contributed by atoms with Crippen LogP contribution in [0.1, 0.15) is 51.9 Å². The molecule has 0 aromatic rings. The fourth-order valence-corrected chi connectivity index (χ4v) is 2.32. The molecule has 2 atom stereocenters. The van der Waals surface area contributed by atoms with Gasteiger partial charge in [-0.1, -0.05) is 45.4 Å². The van der Waals surface area contributed by atoms with Gasteiger partial charge in [0, 0.05) is 13.1 Å². The van der Waals surface area contributed by atoms with Crippen molar-refractivity contribution < 1.29 is 10.2 Å². The zero-order chi connectivity index (χ0) is 11.8. The number of β-amino-alcohol motifs (C(OH)–C–C–N with tert-alkyl or cyclic N) is 2. The first kappa shape index (κ1) is 13.9. The highest BCUT2D eigenvalue weighted by atomic mass is 16.3. The van der Waals surface area contributed by atoms with Crippen molar-refractivity contribution in [2.75, 3.05) is 19.6 Å². The summed E-state index contributed by atoms with van der Waals surface area (Å²) in [6, 6.07) is 0. The van der Waals surface area contributed by atoms with Gasteiger partial charge in [0.05, 0.1) is 12.2 Å². The average molecular weight is 229 g/mol. The molecule has 1 aliphatic rings. The lowest BCUT2D eigenvalue weighted by atomic mass is 10.1. The minimum absolute atomic E-state index is 0.524. The maximum absolute atomic E-state index is 9.38. The number of likely N-dealkylation sites (tertiary alicyclic amines) is 1. The number of aliphatic hydroxyl groups is 2. The molecule has 0 aromatic carbocycles. The number of unbranched alkanes of at least 4 members (excludes halogenated alkanes) is 6. The molecule has 0 aromatic heterocycles. The summed E-state index contributed by atoms with van der Waals surface area (Å²) in [5.41, 5.74) is 0. The lowest BCUT2D eigenvalue weighted by molar-refractivity contribution is 0.0572. The molecule has 0 unspecified atom stereocenters. The minimum Gasteiger partial charge on any atom is -0.389 e. The van der Waals surface area contributed by atoms with Crippen LogP contribution < -0.4 is 0 Å². The van der Waals surface area contributed by atoms with Crippen LogP contribution in [0.5, 0.6) is 0 Å². The van der Waals surface area contributed by atoms with E-state index in [-0.39, 0.29) is 0 Å². The average Bonchev–Trinajstić information content (AvgIpc) is 2.57. The van der Waals surface area contributed by atoms with Gasteiger partial charge < -0.3 is 10.2 Å². The largest absolute Gasteiger partial charge is 0.389 e. The predicted molar refractivity (Wildman–Crippen MR) is 66.4 cm³/mol. The number of rotatable bonds is 8. The first-order valence-corrected chi connectivity index (χ1v) is 6.82. The Morgan fingerprint density at radius 2 is 1.38 bits per heavy atom. The molecule has 1 aliphatic heterocycles. The molecule has 2 N–H and O–H groups in total. The fourth-order valence-electron chi connectivity index (χ4n) is 2.32. The van der Waals surface area contributed by atoms with E-state index in [1.165, 1.54) is 44.9 Å². The second-order valence-electron chi connectivity index (χ2n) is 5.02. The molecule has 0 radical (unpaired) electrons. The maximum Gasteiger partial charge on any atom is 0.0938 e. The normalized spacial score (nSPS) is 26.4. The van der Waals surface area contributed by atoms with E-state index in [2.05, 4.69) is 11.8 Å². The summed E-state index contributed by atoms with van der Waals surface area (Å²) in [7, 11) is 0. The van der Waals surface area contributed by atoms with Gasteiger partial charge in [0.2, 0.25) is 0 Å². The van der Waals surface area contributed by atoms with Crippen LogP contribution in [0, 0.1) is 0 Å². The number of nitrogens with zero attached hydrogens (tertiary/aromatic N) is 1. The molecule has 3 heteroatoms. The Kier molecular flexibility index (Phi) is 7.01. The Morgan fingerprint density at radius 3 is 1.94 bits per heavy atom. The highest BCUT2D eigenvalue weighted by Crippen LogP contribution is 2.12. The van der Waals surface area contributed by atoms with E-state index < -0.39 is 12.2 Å². The van der Waals surface area contributed by atoms with Gasteiger partial charge in [0.15, 0.2) is 0 Å². The third-order valence-electron chi connectivity index (χ3n) is 3.41.